The van der Waals surface area contributed by atoms with Gasteiger partial charge in [-0.3, -0.25) is 9.88 Å². The lowest BCUT2D eigenvalue weighted by atomic mass is 10.0. The highest BCUT2D eigenvalue weighted by molar-refractivity contribution is 6.99. The van der Waals surface area contributed by atoms with Crippen molar-refractivity contribution in [2.75, 3.05) is 19.6 Å². The van der Waals surface area contributed by atoms with E-state index in [0.29, 0.717) is 0 Å². The third-order valence-electron chi connectivity index (χ3n) is 4.37. The molecule has 136 valence electrons. The Hall–Kier alpha value is -1.59. The molecule has 5 heteroatoms. The summed E-state index contributed by atoms with van der Waals surface area (Å²) in [5.74, 6) is 0. The van der Waals surface area contributed by atoms with E-state index >= 15 is 0 Å². The molecule has 0 radical (unpaired) electrons. The van der Waals surface area contributed by atoms with Crippen LogP contribution in [0, 0.1) is 0 Å². The highest BCUT2D eigenvalue weighted by atomic mass is 32.1. The Morgan fingerprint density at radius 1 is 1.04 bits per heavy atom. The van der Waals surface area contributed by atoms with Gasteiger partial charge in [0.2, 0.25) is 0 Å². The summed E-state index contributed by atoms with van der Waals surface area (Å²) < 4.78 is 9.05. The van der Waals surface area contributed by atoms with Crippen molar-refractivity contribution in [1.82, 2.24) is 18.6 Å². The van der Waals surface area contributed by atoms with Crippen molar-refractivity contribution < 1.29 is 0 Å². The summed E-state index contributed by atoms with van der Waals surface area (Å²) in [6.07, 6.45) is 13.3. The van der Waals surface area contributed by atoms with Crippen LogP contribution in [0.2, 0.25) is 0 Å². The molecule has 2 aromatic rings. The minimum atomic E-state index is 1.05. The summed E-state index contributed by atoms with van der Waals surface area (Å²) in [5, 5.41) is 0. The normalized spacial score (nSPS) is 14.6. The van der Waals surface area contributed by atoms with Gasteiger partial charge in [0.05, 0.1) is 17.4 Å². The first-order chi connectivity index (χ1) is 12.3. The predicted octanol–water partition coefficient (Wildman–Crippen LogP) is 4.85. The number of likely N-dealkylation sites (N-methyl/N-ethyl adjacent to an activating group) is 1. The fraction of sp³-hybridized carbons (Fsp3) is 0.550. The smallest absolute Gasteiger partial charge is 0.104 e. The summed E-state index contributed by atoms with van der Waals surface area (Å²) in [7, 11) is 0. The van der Waals surface area contributed by atoms with Gasteiger partial charge in [-0.25, -0.2) is 0 Å². The first-order valence-corrected chi connectivity index (χ1v) is 10.2. The molecule has 0 aliphatic carbocycles. The Kier molecular flexibility index (Phi) is 9.37. The van der Waals surface area contributed by atoms with Gasteiger partial charge in [-0.1, -0.05) is 45.3 Å². The molecule has 0 atom stereocenters. The molecule has 1 aliphatic heterocycles. The molecule has 0 N–H and O–H groups in total. The molecule has 0 saturated heterocycles. The Bertz CT molecular complexity index is 582. The summed E-state index contributed by atoms with van der Waals surface area (Å²) in [6.45, 7) is 7.84. The van der Waals surface area contributed by atoms with Gasteiger partial charge in [0.15, 0.2) is 0 Å². The Labute approximate surface area is 156 Å². The van der Waals surface area contributed by atoms with Crippen LogP contribution in [-0.2, 0) is 6.42 Å². The van der Waals surface area contributed by atoms with Gasteiger partial charge in [-0.15, -0.1) is 0 Å². The van der Waals surface area contributed by atoms with Crippen LogP contribution in [0.5, 0.6) is 0 Å². The lowest BCUT2D eigenvalue weighted by molar-refractivity contribution is 0.321. The van der Waals surface area contributed by atoms with Crippen LogP contribution in [0.15, 0.2) is 36.7 Å². The molecule has 3 rings (SSSR count). The van der Waals surface area contributed by atoms with E-state index in [-0.39, 0.29) is 0 Å². The van der Waals surface area contributed by atoms with Crippen LogP contribution < -0.4 is 0 Å². The summed E-state index contributed by atoms with van der Waals surface area (Å²) >= 11 is 1.37. The van der Waals surface area contributed by atoms with Crippen molar-refractivity contribution in [3.05, 3.63) is 48.1 Å². The highest BCUT2D eigenvalue weighted by Crippen LogP contribution is 2.23. The van der Waals surface area contributed by atoms with Crippen molar-refractivity contribution in [1.29, 1.82) is 0 Å². The molecule has 0 amide bonds. The number of hydrogen-bond donors (Lipinski definition) is 0. The molecule has 25 heavy (non-hydrogen) atoms. The van der Waals surface area contributed by atoms with E-state index in [0.717, 1.165) is 25.9 Å². The second kappa shape index (κ2) is 11.9. The van der Waals surface area contributed by atoms with E-state index in [9.17, 15) is 0 Å². The lowest BCUT2D eigenvalue weighted by Gasteiger charge is -2.25. The molecule has 2 aromatic heterocycles. The van der Waals surface area contributed by atoms with E-state index < -0.39 is 0 Å². The molecule has 3 heterocycles. The molecule has 0 fully saturated rings. The van der Waals surface area contributed by atoms with Gasteiger partial charge in [-0.2, -0.15) is 8.75 Å². The quantitative estimate of drug-likeness (QED) is 0.663. The number of nitrogens with zero attached hydrogens (tertiary/aromatic N) is 4. The maximum absolute atomic E-state index is 4.54. The molecular weight excluding hydrogens is 328 g/mol. The number of unbranched alkanes of at least 4 members (excludes halogenated alkanes) is 3. The standard InChI is InChI=1S/C15H25N3S.C5H5N/c1-3-5-6-7-10-14-15(17-19-16-14)13-9-8-11-18(4-2)12-13;1-2-4-6-5-3-1/h9H,3-8,10-12H2,1-2H3;1-5H. The van der Waals surface area contributed by atoms with Crippen LogP contribution in [0.4, 0.5) is 0 Å². The van der Waals surface area contributed by atoms with Gasteiger partial charge in [0.1, 0.15) is 5.69 Å². The summed E-state index contributed by atoms with van der Waals surface area (Å²) in [4.78, 5) is 6.27. The average molecular weight is 359 g/mol. The van der Waals surface area contributed by atoms with Crippen LogP contribution in [0.25, 0.3) is 5.57 Å². The SMILES string of the molecule is CCCCCCc1nsnc1C1=CCCN(CC)C1.c1ccncc1. The minimum absolute atomic E-state index is 1.05. The highest BCUT2D eigenvalue weighted by Gasteiger charge is 2.17. The zero-order valence-electron chi connectivity index (χ0n) is 15.5. The fourth-order valence-corrected chi connectivity index (χ4v) is 3.52. The molecule has 0 bridgehead atoms. The van der Waals surface area contributed by atoms with Crippen LogP contribution in [0.1, 0.15) is 57.3 Å². The molecule has 4 nitrogen and oxygen atoms in total. The second-order valence-electron chi connectivity index (χ2n) is 6.28. The van der Waals surface area contributed by atoms with Crippen molar-refractivity contribution >= 4 is 17.3 Å². The summed E-state index contributed by atoms with van der Waals surface area (Å²) in [5.41, 5.74) is 3.80. The summed E-state index contributed by atoms with van der Waals surface area (Å²) in [6, 6.07) is 5.72. The number of aromatic nitrogens is 3. The van der Waals surface area contributed by atoms with Gasteiger partial charge in [0.25, 0.3) is 0 Å². The molecule has 0 spiro atoms. The predicted molar refractivity (Wildman–Crippen MR) is 107 cm³/mol. The Balaban J connectivity index is 0.000000316. The molecule has 0 aromatic carbocycles. The van der Waals surface area contributed by atoms with E-state index in [2.05, 4.69) is 38.6 Å². The average Bonchev–Trinajstić information content (AvgIpc) is 3.16. The number of hydrogen-bond acceptors (Lipinski definition) is 5. The Morgan fingerprint density at radius 3 is 2.52 bits per heavy atom. The van der Waals surface area contributed by atoms with E-state index in [1.165, 1.54) is 60.9 Å². The van der Waals surface area contributed by atoms with Crippen LogP contribution in [0.3, 0.4) is 0 Å². The zero-order valence-corrected chi connectivity index (χ0v) is 16.3. The van der Waals surface area contributed by atoms with Crippen LogP contribution >= 0.6 is 11.7 Å². The number of aryl methyl sites for hydroxylation is 1. The van der Waals surface area contributed by atoms with Gasteiger partial charge < -0.3 is 0 Å². The van der Waals surface area contributed by atoms with Crippen molar-refractivity contribution in [3.63, 3.8) is 0 Å². The molecule has 0 saturated carbocycles. The second-order valence-corrected chi connectivity index (χ2v) is 6.81. The van der Waals surface area contributed by atoms with Crippen molar-refractivity contribution in [3.8, 4) is 0 Å². The van der Waals surface area contributed by atoms with Gasteiger partial charge in [0, 0.05) is 25.5 Å². The first-order valence-electron chi connectivity index (χ1n) is 9.43. The maximum atomic E-state index is 4.54. The van der Waals surface area contributed by atoms with E-state index in [1.807, 2.05) is 18.2 Å². The van der Waals surface area contributed by atoms with Crippen molar-refractivity contribution in [2.24, 2.45) is 0 Å². The van der Waals surface area contributed by atoms with Gasteiger partial charge in [-0.05, 0) is 43.5 Å². The lowest BCUT2D eigenvalue weighted by Crippen LogP contribution is -2.29. The largest absolute Gasteiger partial charge is 0.299 e. The Morgan fingerprint density at radius 2 is 1.88 bits per heavy atom. The molecular formula is C20H30N4S. The van der Waals surface area contributed by atoms with Crippen molar-refractivity contribution in [2.45, 2.75) is 52.4 Å². The van der Waals surface area contributed by atoms with Gasteiger partial charge >= 0.3 is 0 Å². The third-order valence-corrected chi connectivity index (χ3v) is 4.94. The number of rotatable bonds is 7. The minimum Gasteiger partial charge on any atom is -0.299 e. The van der Waals surface area contributed by atoms with E-state index in [4.69, 9.17) is 0 Å². The zero-order chi connectivity index (χ0) is 17.7. The fourth-order valence-electron chi connectivity index (χ4n) is 2.89. The monoisotopic (exact) mass is 358 g/mol. The molecule has 1 aliphatic rings. The topological polar surface area (TPSA) is 41.9 Å². The van der Waals surface area contributed by atoms with Crippen LogP contribution in [-0.4, -0.2) is 38.3 Å². The van der Waals surface area contributed by atoms with E-state index in [1.54, 1.807) is 12.4 Å². The maximum Gasteiger partial charge on any atom is 0.104 e. The number of pyridine rings is 1. The third kappa shape index (κ3) is 7.04. The molecule has 0 unspecified atom stereocenters. The first kappa shape index (κ1) is 19.7.